The van der Waals surface area contributed by atoms with Crippen LogP contribution in [0.5, 0.6) is 0 Å². The number of aryl methyl sites for hydroxylation is 2. The van der Waals surface area contributed by atoms with Gasteiger partial charge in [0, 0.05) is 88.3 Å². The number of benzene rings is 10. The maximum Gasteiger partial charge on any atom is 0.336 e. The molecule has 5 aliphatic rings. The van der Waals surface area contributed by atoms with Crippen molar-refractivity contribution in [1.82, 2.24) is 23.4 Å². The summed E-state index contributed by atoms with van der Waals surface area (Å²) in [6, 6.07) is 60.4. The number of Topliss-reactive ketones (excluding diaryl/α,β-unsaturated/α-hetero) is 1. The van der Waals surface area contributed by atoms with Gasteiger partial charge >= 0.3 is 5.97 Å². The zero-order valence-electron chi connectivity index (χ0n) is 62.6. The second-order valence-corrected chi connectivity index (χ2v) is 33.6. The van der Waals surface area contributed by atoms with Crippen molar-refractivity contribution >= 4 is 135 Å². The van der Waals surface area contributed by atoms with Crippen molar-refractivity contribution < 1.29 is 45.0 Å². The van der Waals surface area contributed by atoms with Crippen LogP contribution in [0.3, 0.4) is 0 Å². The molecule has 0 bridgehead atoms. The Morgan fingerprint density at radius 1 is 0.430 bits per heavy atom. The molecule has 20 heteroatoms. The Labute approximate surface area is 653 Å². The van der Waals surface area contributed by atoms with E-state index in [4.69, 9.17) is 0 Å². The molecule has 5 saturated heterocycles. The summed E-state index contributed by atoms with van der Waals surface area (Å²) in [4.78, 5) is 33.4. The van der Waals surface area contributed by atoms with Crippen LogP contribution in [0.4, 0.5) is 0 Å². The minimum Gasteiger partial charge on any atom is -0.478 e. The molecule has 10 aromatic carbocycles. The molecule has 5 unspecified atom stereocenters. The lowest BCUT2D eigenvalue weighted by Crippen LogP contribution is -2.38. The van der Waals surface area contributed by atoms with Gasteiger partial charge in [-0.3, -0.25) is 32.9 Å². The third-order valence-electron chi connectivity index (χ3n) is 21.4. The summed E-state index contributed by atoms with van der Waals surface area (Å²) >= 11 is 3.52. The zero-order valence-corrected chi connectivity index (χ0v) is 70.0. The molecule has 568 valence electrons. The van der Waals surface area contributed by atoms with Crippen molar-refractivity contribution in [3.8, 4) is 0 Å². The molecule has 0 spiro atoms. The van der Waals surface area contributed by atoms with E-state index in [1.807, 2.05) is 97.9 Å². The molecule has 5 heterocycles. The van der Waals surface area contributed by atoms with Gasteiger partial charge in [-0.1, -0.05) is 216 Å². The quantitative estimate of drug-likeness (QED) is 0.0455. The first-order valence-electron chi connectivity index (χ1n) is 37.3. The summed E-state index contributed by atoms with van der Waals surface area (Å²) in [6.07, 6.45) is 12.2. The number of ketones is 1. The second kappa shape index (κ2) is 40.0. The van der Waals surface area contributed by atoms with E-state index in [9.17, 15) is 45.0 Å². The van der Waals surface area contributed by atoms with Crippen LogP contribution >= 0.6 is 62.9 Å². The maximum absolute atomic E-state index is 11.5. The number of halogens is 1. The molecule has 107 heavy (non-hydrogen) atoms. The first-order chi connectivity index (χ1) is 51.2. The van der Waals surface area contributed by atoms with Gasteiger partial charge in [0.2, 0.25) is 0 Å². The number of rotatable bonds is 9. The van der Waals surface area contributed by atoms with Gasteiger partial charge in [-0.15, -0.1) is 0 Å². The third-order valence-corrected chi connectivity index (χ3v) is 24.5. The fourth-order valence-corrected chi connectivity index (χ4v) is 16.2. The molecule has 14 nitrogen and oxygen atoms in total. The zero-order chi connectivity index (χ0) is 77.1. The summed E-state index contributed by atoms with van der Waals surface area (Å²) in [6.45, 7) is 19.2. The third kappa shape index (κ3) is 23.0. The van der Waals surface area contributed by atoms with Gasteiger partial charge in [-0.2, -0.15) is 0 Å². The van der Waals surface area contributed by atoms with Gasteiger partial charge in [0.1, 0.15) is 5.78 Å². The van der Waals surface area contributed by atoms with Crippen LogP contribution in [0, 0.1) is 0 Å². The number of carbonyl (C=O) groups excluding carboxylic acids is 2. The van der Waals surface area contributed by atoms with Gasteiger partial charge in [0.15, 0.2) is 6.29 Å². The second-order valence-electron chi connectivity index (χ2n) is 29.0. The number of allylic oxidation sites excluding steroid dienone is 2. The van der Waals surface area contributed by atoms with Crippen LogP contribution in [0.1, 0.15) is 158 Å². The summed E-state index contributed by atoms with van der Waals surface area (Å²) in [5.41, 5.74) is 6.29. The number of hydrogen-bond donors (Lipinski definition) is 6. The number of hydrogen-bond acceptors (Lipinski definition) is 13. The molecular formula is C87H109BrN5O9P5. The molecule has 10 aromatic rings. The van der Waals surface area contributed by atoms with E-state index in [2.05, 4.69) is 199 Å². The first-order valence-corrected chi connectivity index (χ1v) is 40.7. The standard InChI is InChI=1S/C17H22NOP.C16H18NO3P.C16H20NO2P.C16H18NO2P.C12H11Br.C5H10NOP.C5H10/c1-2-13-11-15(12-14-5-3-4-6-16(13)14)17(19)7-9-18(20)10-8-17;18-15(19)14-10-12(9-11-3-1-2-4-13(11)14)16(20)5-7-17(21)8-6-16;2*18-11-13-10-14(9-12-3-1-2-4-15(12)13)16(19)5-7-17(20)8-6-16;1-2-9-7-11(13)8-10-5-3-4-6-12(9)10;7-5-1-3-6(8)4-2-5;1-4-5(2)3/h3-6,11-12,19H,2,7-10,20H2,1H3;1-4,9-10,20H,5-8,21H2,(H,18,19);1-4,9-10,18-19H,5-8,11,20H2;1-4,9-11,19H,5-8,20H2;3-8H,2H2,1H3;1-4,8H2;4H,1-3H3. The normalized spacial score (nSPS) is 17.9. The van der Waals surface area contributed by atoms with Gasteiger partial charge in [-0.05, 0) is 232 Å². The van der Waals surface area contributed by atoms with Crippen molar-refractivity contribution in [2.75, 3.05) is 65.4 Å². The number of aldehydes is 1. The number of carbonyl (C=O) groups is 3. The number of aliphatic hydroxyl groups excluding tert-OH is 1. The Kier molecular flexibility index (Phi) is 31.8. The number of fused-ring (bicyclic) bond motifs is 5. The Balaban J connectivity index is 0.000000149. The lowest BCUT2D eigenvalue weighted by atomic mass is 9.83. The number of carboxylic acids is 1. The lowest BCUT2D eigenvalue weighted by molar-refractivity contribution is -0.120. The van der Waals surface area contributed by atoms with E-state index >= 15 is 0 Å². The van der Waals surface area contributed by atoms with E-state index in [-0.39, 0.29) is 12.2 Å². The number of nitrogens with zero attached hydrogens (tertiary/aromatic N) is 5. The Hall–Kier alpha value is -5.72. The van der Waals surface area contributed by atoms with E-state index in [0.717, 1.165) is 172 Å². The summed E-state index contributed by atoms with van der Waals surface area (Å²) < 4.78 is 11.9. The predicted molar refractivity (Wildman–Crippen MR) is 463 cm³/mol. The monoisotopic (exact) mass is 1600 g/mol. The average molecular weight is 1600 g/mol. The summed E-state index contributed by atoms with van der Waals surface area (Å²) in [7, 11) is 13.4. The van der Waals surface area contributed by atoms with E-state index in [1.54, 1.807) is 12.1 Å². The molecule has 0 aliphatic carbocycles. The highest BCUT2D eigenvalue weighted by molar-refractivity contribution is 9.10. The van der Waals surface area contributed by atoms with E-state index in [0.29, 0.717) is 48.0 Å². The van der Waals surface area contributed by atoms with Crippen molar-refractivity contribution in [2.45, 2.75) is 141 Å². The molecule has 0 saturated carbocycles. The van der Waals surface area contributed by atoms with Crippen LogP contribution < -0.4 is 0 Å². The first kappa shape index (κ1) is 85.3. The SMILES string of the molecule is CC=C(C)C.CCc1cc(Br)cc2ccccc12.CCc1cc(C2(O)CCN(P)CC2)cc2ccccc12.O=C(O)c1cc(C2(O)CCN(P)CC2)cc2ccccc12.O=C1CCN(P)CC1.O=Cc1cc(C2(O)CCN(P)CC2)cc2ccccc12.OCc1cc(C2(O)CCN(P)CC2)cc2ccccc12. The van der Waals surface area contributed by atoms with Crippen molar-refractivity contribution in [2.24, 2.45) is 0 Å². The maximum atomic E-state index is 11.5. The Bertz CT molecular complexity index is 4560. The van der Waals surface area contributed by atoms with E-state index < -0.39 is 28.4 Å². The minimum atomic E-state index is -0.958. The smallest absolute Gasteiger partial charge is 0.336 e. The molecule has 6 N–H and O–H groups in total. The number of aromatic carboxylic acids is 1. The molecule has 5 atom stereocenters. The van der Waals surface area contributed by atoms with E-state index in [1.165, 1.54) is 42.7 Å². The average Bonchev–Trinajstić information content (AvgIpc) is 0.794. The van der Waals surface area contributed by atoms with Crippen LogP contribution in [0.25, 0.3) is 53.9 Å². The summed E-state index contributed by atoms with van der Waals surface area (Å²) in [5, 5.41) is 73.6. The predicted octanol–water partition coefficient (Wildman–Crippen LogP) is 17.8. The molecular weight excluding hydrogens is 1490 g/mol. The number of aliphatic hydroxyl groups is 5. The minimum absolute atomic E-state index is 0.000186. The van der Waals surface area contributed by atoms with Crippen LogP contribution in [-0.4, -0.2) is 137 Å². The topological polar surface area (TPSA) is 189 Å². The molecule has 0 radical (unpaired) electrons. The fraction of sp³-hybridized carbons (Fsp3) is 0.368. The van der Waals surface area contributed by atoms with Gasteiger partial charge in [-0.25, -0.2) is 4.79 Å². The highest BCUT2D eigenvalue weighted by Gasteiger charge is 2.37. The number of piperidine rings is 5. The summed E-state index contributed by atoms with van der Waals surface area (Å²) in [5.74, 6) is -0.552. The Morgan fingerprint density at radius 3 is 1.07 bits per heavy atom. The molecule has 5 aliphatic heterocycles. The van der Waals surface area contributed by atoms with Gasteiger partial charge in [0.25, 0.3) is 0 Å². The molecule has 0 aromatic heterocycles. The lowest BCUT2D eigenvalue weighted by Gasteiger charge is -2.37. The van der Waals surface area contributed by atoms with Crippen molar-refractivity contribution in [3.05, 3.63) is 248 Å². The molecule has 0 amide bonds. The fourth-order valence-electron chi connectivity index (χ4n) is 14.3. The van der Waals surface area contributed by atoms with Crippen LogP contribution in [-0.2, 0) is 46.6 Å². The number of carboxylic acid groups (broad SMARTS) is 1. The highest BCUT2D eigenvalue weighted by Crippen LogP contribution is 2.41. The van der Waals surface area contributed by atoms with Gasteiger partial charge in [0.05, 0.1) is 34.6 Å². The van der Waals surface area contributed by atoms with Crippen molar-refractivity contribution in [1.29, 1.82) is 0 Å². The van der Waals surface area contributed by atoms with Gasteiger partial charge < -0.3 is 30.6 Å². The largest absolute Gasteiger partial charge is 0.478 e. The van der Waals surface area contributed by atoms with Crippen LogP contribution in [0.2, 0.25) is 0 Å². The highest BCUT2D eigenvalue weighted by atomic mass is 79.9. The van der Waals surface area contributed by atoms with Crippen molar-refractivity contribution in [3.63, 3.8) is 0 Å². The van der Waals surface area contributed by atoms with Crippen LogP contribution in [0.15, 0.2) is 198 Å². The molecule has 15 rings (SSSR count). The Morgan fingerprint density at radius 2 is 0.720 bits per heavy atom. The molecule has 5 fully saturated rings.